The number of thiazole rings is 1. The summed E-state index contributed by atoms with van der Waals surface area (Å²) in [5, 5.41) is 10.6. The predicted molar refractivity (Wildman–Crippen MR) is 122 cm³/mol. The molecular weight excluding hydrogens is 426 g/mol. The second kappa shape index (κ2) is 8.32. The van der Waals surface area contributed by atoms with Crippen LogP contribution in [0.3, 0.4) is 0 Å². The summed E-state index contributed by atoms with van der Waals surface area (Å²) < 4.78 is 16.2. The smallest absolute Gasteiger partial charge is 0.251 e. The highest BCUT2D eigenvalue weighted by Gasteiger charge is 2.17. The second-order valence-electron chi connectivity index (χ2n) is 7.20. The summed E-state index contributed by atoms with van der Waals surface area (Å²) in [6.07, 6.45) is 0. The number of methoxy groups -OCH3 is 1. The van der Waals surface area contributed by atoms with Crippen LogP contribution in [0, 0.1) is 6.92 Å². The zero-order valence-corrected chi connectivity index (χ0v) is 18.2. The number of nitrogens with one attached hydrogen (secondary N) is 1. The van der Waals surface area contributed by atoms with Crippen molar-refractivity contribution >= 4 is 28.2 Å². The van der Waals surface area contributed by atoms with Gasteiger partial charge in [0.25, 0.3) is 5.91 Å². The fraction of sp³-hybridized carbons (Fsp3) is 0.125. The van der Waals surface area contributed by atoms with Gasteiger partial charge in [0.05, 0.1) is 19.0 Å². The number of aryl methyl sites for hydroxylation is 1. The molecule has 0 spiro atoms. The van der Waals surface area contributed by atoms with E-state index in [1.54, 1.807) is 25.3 Å². The number of carbonyl (C=O) groups is 1. The second-order valence-corrected chi connectivity index (χ2v) is 8.06. The van der Waals surface area contributed by atoms with Crippen molar-refractivity contribution in [1.29, 1.82) is 0 Å². The van der Waals surface area contributed by atoms with Crippen LogP contribution in [0.5, 0.6) is 5.75 Å². The van der Waals surface area contributed by atoms with Gasteiger partial charge >= 0.3 is 0 Å². The highest BCUT2D eigenvalue weighted by molar-refractivity contribution is 7.13. The number of hydrogen-bond donors (Lipinski definition) is 1. The van der Waals surface area contributed by atoms with E-state index in [9.17, 15) is 4.79 Å². The quantitative estimate of drug-likeness (QED) is 0.373. The molecule has 0 atom stereocenters. The summed E-state index contributed by atoms with van der Waals surface area (Å²) in [5.74, 6) is 2.10. The molecule has 1 amide bonds. The van der Waals surface area contributed by atoms with Crippen LogP contribution in [0.15, 0.2) is 68.9 Å². The Morgan fingerprint density at radius 2 is 1.97 bits per heavy atom. The molecule has 5 aromatic rings. The van der Waals surface area contributed by atoms with E-state index >= 15 is 0 Å². The van der Waals surface area contributed by atoms with Crippen molar-refractivity contribution < 1.29 is 18.5 Å². The van der Waals surface area contributed by atoms with Gasteiger partial charge in [0.15, 0.2) is 5.58 Å². The number of furan rings is 1. The summed E-state index contributed by atoms with van der Waals surface area (Å²) in [6.45, 7) is 2.18. The highest BCUT2D eigenvalue weighted by atomic mass is 32.1. The Labute approximate surface area is 187 Å². The molecule has 1 N–H and O–H groups in total. The van der Waals surface area contributed by atoms with Gasteiger partial charge in [-0.25, -0.2) is 4.98 Å². The van der Waals surface area contributed by atoms with Gasteiger partial charge in [0.1, 0.15) is 33.7 Å². The number of fused-ring (bicyclic) bond motifs is 1. The number of amides is 1. The average Bonchev–Trinajstić information content (AvgIpc) is 3.56. The zero-order valence-electron chi connectivity index (χ0n) is 17.4. The number of rotatable bonds is 6. The molecule has 32 heavy (non-hydrogen) atoms. The number of benzene rings is 2. The van der Waals surface area contributed by atoms with Crippen LogP contribution in [0.25, 0.3) is 32.9 Å². The van der Waals surface area contributed by atoms with Crippen LogP contribution in [0.2, 0.25) is 0 Å². The third-order valence-corrected chi connectivity index (χ3v) is 5.93. The minimum Gasteiger partial charge on any atom is -0.497 e. The normalized spacial score (nSPS) is 11.1. The van der Waals surface area contributed by atoms with Crippen LogP contribution in [-0.4, -0.2) is 23.2 Å². The highest BCUT2D eigenvalue weighted by Crippen LogP contribution is 2.33. The van der Waals surface area contributed by atoms with E-state index in [4.69, 9.17) is 18.7 Å². The molecule has 0 aliphatic carbocycles. The first-order valence-electron chi connectivity index (χ1n) is 9.94. The van der Waals surface area contributed by atoms with E-state index in [1.165, 1.54) is 11.3 Å². The van der Waals surface area contributed by atoms with Crippen LogP contribution in [0.4, 0.5) is 0 Å². The molecule has 2 aromatic carbocycles. The fourth-order valence-electron chi connectivity index (χ4n) is 3.36. The first-order chi connectivity index (χ1) is 15.6. The topological polar surface area (TPSA) is 90.4 Å². The molecule has 7 nitrogen and oxygen atoms in total. The Bertz CT molecular complexity index is 1400. The van der Waals surface area contributed by atoms with E-state index in [2.05, 4.69) is 10.5 Å². The summed E-state index contributed by atoms with van der Waals surface area (Å²) in [4.78, 5) is 17.4. The fourth-order valence-corrected chi connectivity index (χ4v) is 4.17. The van der Waals surface area contributed by atoms with Crippen LogP contribution in [-0.2, 0) is 6.54 Å². The predicted octanol–water partition coefficient (Wildman–Crippen LogP) is 5.46. The van der Waals surface area contributed by atoms with Gasteiger partial charge in [-0.1, -0.05) is 5.16 Å². The van der Waals surface area contributed by atoms with E-state index in [1.807, 2.05) is 48.7 Å². The Morgan fingerprint density at radius 1 is 1.12 bits per heavy atom. The SMILES string of the molecule is COc1ccc(-c2nc(-c3noc4ccc(C(=O)NCc5ccc(C)o5)cc34)cs2)cc1. The molecule has 5 rings (SSSR count). The van der Waals surface area contributed by atoms with Crippen molar-refractivity contribution in [2.75, 3.05) is 7.11 Å². The third kappa shape index (κ3) is 3.88. The monoisotopic (exact) mass is 445 g/mol. The van der Waals surface area contributed by atoms with Gasteiger partial charge in [0, 0.05) is 16.5 Å². The molecule has 160 valence electrons. The zero-order chi connectivity index (χ0) is 22.1. The van der Waals surface area contributed by atoms with Gasteiger partial charge in [0.2, 0.25) is 0 Å². The maximum atomic E-state index is 12.7. The van der Waals surface area contributed by atoms with Crippen LogP contribution >= 0.6 is 11.3 Å². The van der Waals surface area contributed by atoms with E-state index < -0.39 is 0 Å². The molecule has 3 aromatic heterocycles. The molecule has 0 fully saturated rings. The Balaban J connectivity index is 1.40. The van der Waals surface area contributed by atoms with Crippen molar-refractivity contribution in [2.24, 2.45) is 0 Å². The molecule has 8 heteroatoms. The summed E-state index contributed by atoms with van der Waals surface area (Å²) >= 11 is 1.52. The van der Waals surface area contributed by atoms with Crippen molar-refractivity contribution in [3.8, 4) is 27.7 Å². The van der Waals surface area contributed by atoms with Crippen molar-refractivity contribution in [2.45, 2.75) is 13.5 Å². The largest absolute Gasteiger partial charge is 0.497 e. The third-order valence-electron chi connectivity index (χ3n) is 5.04. The molecule has 0 aliphatic rings. The molecule has 3 heterocycles. The van der Waals surface area contributed by atoms with E-state index in [0.717, 1.165) is 27.5 Å². The van der Waals surface area contributed by atoms with Crippen LogP contribution in [0.1, 0.15) is 21.9 Å². The first kappa shape index (κ1) is 20.0. The molecular formula is C24H19N3O4S. The lowest BCUT2D eigenvalue weighted by molar-refractivity contribution is 0.0948. The van der Waals surface area contributed by atoms with Crippen molar-refractivity contribution in [1.82, 2.24) is 15.5 Å². The summed E-state index contributed by atoms with van der Waals surface area (Å²) in [6, 6.07) is 16.7. The molecule has 0 bridgehead atoms. The minimum absolute atomic E-state index is 0.203. The average molecular weight is 446 g/mol. The van der Waals surface area contributed by atoms with Crippen molar-refractivity contribution in [3.63, 3.8) is 0 Å². The maximum Gasteiger partial charge on any atom is 0.251 e. The van der Waals surface area contributed by atoms with Gasteiger partial charge in [-0.3, -0.25) is 4.79 Å². The lowest BCUT2D eigenvalue weighted by atomic mass is 10.1. The van der Waals surface area contributed by atoms with E-state index in [0.29, 0.717) is 34.8 Å². The number of ether oxygens (including phenoxy) is 1. The molecule has 0 unspecified atom stereocenters. The Hall–Kier alpha value is -3.91. The lowest BCUT2D eigenvalue weighted by Gasteiger charge is -2.03. The van der Waals surface area contributed by atoms with Crippen LogP contribution < -0.4 is 10.1 Å². The van der Waals surface area contributed by atoms with Crippen molar-refractivity contribution in [3.05, 3.63) is 77.1 Å². The minimum atomic E-state index is -0.203. The number of aromatic nitrogens is 2. The number of carbonyl (C=O) groups excluding carboxylic acids is 1. The van der Waals surface area contributed by atoms with E-state index in [-0.39, 0.29) is 5.91 Å². The van der Waals surface area contributed by atoms with Gasteiger partial charge in [-0.15, -0.1) is 11.3 Å². The molecule has 0 radical (unpaired) electrons. The summed E-state index contributed by atoms with van der Waals surface area (Å²) in [5.41, 5.74) is 3.40. The molecule has 0 aliphatic heterocycles. The standard InChI is InChI=1S/C24H19N3O4S/c1-14-3-7-18(30-14)12-25-23(28)16-6-10-21-19(11-16)22(27-31-21)20-13-32-24(26-20)15-4-8-17(29-2)9-5-15/h3-11,13H,12H2,1-2H3,(H,25,28). The first-order valence-corrected chi connectivity index (χ1v) is 10.8. The Morgan fingerprint density at radius 3 is 2.72 bits per heavy atom. The maximum absolute atomic E-state index is 12.7. The number of hydrogen-bond acceptors (Lipinski definition) is 7. The van der Waals surface area contributed by atoms with Gasteiger partial charge in [-0.05, 0) is 61.5 Å². The summed E-state index contributed by atoms with van der Waals surface area (Å²) in [7, 11) is 1.64. The Kier molecular flexibility index (Phi) is 5.20. The van der Waals surface area contributed by atoms with Gasteiger partial charge < -0.3 is 19.0 Å². The molecule has 0 saturated carbocycles. The molecule has 0 saturated heterocycles. The van der Waals surface area contributed by atoms with Gasteiger partial charge in [-0.2, -0.15) is 0 Å². The number of nitrogens with zero attached hydrogens (tertiary/aromatic N) is 2. The lowest BCUT2D eigenvalue weighted by Crippen LogP contribution is -2.22.